The third kappa shape index (κ3) is 5.06. The summed E-state index contributed by atoms with van der Waals surface area (Å²) in [5.74, 6) is 0.397. The van der Waals surface area contributed by atoms with Crippen molar-refractivity contribution >= 4 is 21.6 Å². The maximum Gasteiger partial charge on any atom is 0.264 e. The lowest BCUT2D eigenvalue weighted by Crippen LogP contribution is -2.27. The molecule has 0 aliphatic carbocycles. The maximum absolute atomic E-state index is 13.1. The van der Waals surface area contributed by atoms with Crippen LogP contribution >= 0.6 is 0 Å². The molecular weight excluding hydrogens is 412 g/mol. The van der Waals surface area contributed by atoms with E-state index in [0.29, 0.717) is 12.2 Å². The fourth-order valence-corrected chi connectivity index (χ4v) is 4.35. The molecule has 0 radical (unpaired) electrons. The summed E-state index contributed by atoms with van der Waals surface area (Å²) in [6.45, 7) is 4.18. The first kappa shape index (κ1) is 22.4. The molecule has 6 nitrogen and oxygen atoms in total. The highest BCUT2D eigenvalue weighted by molar-refractivity contribution is 7.92. The zero-order valence-corrected chi connectivity index (χ0v) is 18.9. The van der Waals surface area contributed by atoms with E-state index >= 15 is 0 Å². The van der Waals surface area contributed by atoms with Crippen LogP contribution < -0.4 is 14.4 Å². The average molecular weight is 439 g/mol. The first-order chi connectivity index (χ1) is 14.7. The number of carbonyl (C=O) groups is 1. The van der Waals surface area contributed by atoms with Crippen LogP contribution in [0.5, 0.6) is 5.75 Å². The van der Waals surface area contributed by atoms with E-state index in [4.69, 9.17) is 4.74 Å². The number of nitrogens with one attached hydrogen (secondary N) is 1. The molecule has 0 aliphatic heterocycles. The molecule has 0 aromatic heterocycles. The van der Waals surface area contributed by atoms with Crippen molar-refractivity contribution < 1.29 is 17.9 Å². The highest BCUT2D eigenvalue weighted by Crippen LogP contribution is 2.23. The summed E-state index contributed by atoms with van der Waals surface area (Å²) in [5.41, 5.74) is 3.76. The van der Waals surface area contributed by atoms with Gasteiger partial charge in [-0.05, 0) is 61.4 Å². The van der Waals surface area contributed by atoms with Crippen LogP contribution in [0.4, 0.5) is 5.69 Å². The molecule has 3 rings (SSSR count). The second-order valence-corrected chi connectivity index (χ2v) is 9.29. The Hall–Kier alpha value is -3.32. The Kier molecular flexibility index (Phi) is 6.65. The average Bonchev–Trinajstić information content (AvgIpc) is 2.78. The van der Waals surface area contributed by atoms with E-state index in [1.165, 1.54) is 23.5 Å². The molecule has 0 saturated heterocycles. The molecule has 162 valence electrons. The molecule has 0 unspecified atom stereocenters. The molecular formula is C24H26N2O4S. The van der Waals surface area contributed by atoms with Crippen molar-refractivity contribution in [1.29, 1.82) is 0 Å². The Labute approximate surface area is 183 Å². The number of nitrogens with zero attached hydrogens (tertiary/aromatic N) is 1. The lowest BCUT2D eigenvalue weighted by Gasteiger charge is -2.20. The van der Waals surface area contributed by atoms with Gasteiger partial charge in [0.05, 0.1) is 17.7 Å². The van der Waals surface area contributed by atoms with E-state index in [-0.39, 0.29) is 16.4 Å². The zero-order valence-electron chi connectivity index (χ0n) is 18.0. The third-order valence-electron chi connectivity index (χ3n) is 5.08. The molecule has 1 amide bonds. The number of anilines is 1. The van der Waals surface area contributed by atoms with Crippen LogP contribution in [0.2, 0.25) is 0 Å². The van der Waals surface area contributed by atoms with Gasteiger partial charge in [-0.3, -0.25) is 9.10 Å². The van der Waals surface area contributed by atoms with Gasteiger partial charge in [0, 0.05) is 19.2 Å². The number of aryl methyl sites for hydroxylation is 2. The minimum absolute atomic E-state index is 0.0558. The number of amides is 1. The highest BCUT2D eigenvalue weighted by atomic mass is 32.2. The molecule has 1 N–H and O–H groups in total. The highest BCUT2D eigenvalue weighted by Gasteiger charge is 2.22. The number of carbonyl (C=O) groups excluding carboxylic acids is 1. The van der Waals surface area contributed by atoms with Gasteiger partial charge in [-0.1, -0.05) is 35.9 Å². The summed E-state index contributed by atoms with van der Waals surface area (Å²) < 4.78 is 32.6. The Morgan fingerprint density at radius 3 is 2.39 bits per heavy atom. The molecule has 0 saturated carbocycles. The number of methoxy groups -OCH3 is 1. The van der Waals surface area contributed by atoms with Gasteiger partial charge >= 0.3 is 0 Å². The second kappa shape index (κ2) is 9.22. The fraction of sp³-hybridized carbons (Fsp3) is 0.208. The van der Waals surface area contributed by atoms with Gasteiger partial charge in [0.1, 0.15) is 5.75 Å². The Morgan fingerprint density at radius 1 is 1.00 bits per heavy atom. The lowest BCUT2D eigenvalue weighted by molar-refractivity contribution is 0.0950. The second-order valence-electron chi connectivity index (χ2n) is 7.32. The van der Waals surface area contributed by atoms with E-state index < -0.39 is 10.0 Å². The van der Waals surface area contributed by atoms with E-state index in [0.717, 1.165) is 22.4 Å². The van der Waals surface area contributed by atoms with Crippen LogP contribution in [0.25, 0.3) is 0 Å². The van der Waals surface area contributed by atoms with E-state index in [2.05, 4.69) is 5.32 Å². The molecule has 3 aromatic carbocycles. The minimum Gasteiger partial charge on any atom is -0.496 e. The molecule has 0 atom stereocenters. The van der Waals surface area contributed by atoms with Crippen LogP contribution in [0, 0.1) is 13.8 Å². The van der Waals surface area contributed by atoms with Crippen LogP contribution in [0.1, 0.15) is 27.0 Å². The SMILES string of the molecule is COc1cc(CNC(=O)c2cccc(S(=O)(=O)N(C)c3ccc(C)cc3)c2)ccc1C. The summed E-state index contributed by atoms with van der Waals surface area (Å²) in [6, 6.07) is 19.0. The van der Waals surface area contributed by atoms with E-state index in [1.807, 2.05) is 44.2 Å². The van der Waals surface area contributed by atoms with Crippen molar-refractivity contribution in [1.82, 2.24) is 5.32 Å². The number of hydrogen-bond acceptors (Lipinski definition) is 4. The van der Waals surface area contributed by atoms with Gasteiger partial charge in [-0.2, -0.15) is 0 Å². The van der Waals surface area contributed by atoms with Crippen molar-refractivity contribution in [3.05, 3.63) is 89.0 Å². The van der Waals surface area contributed by atoms with Crippen molar-refractivity contribution in [2.45, 2.75) is 25.3 Å². The fourth-order valence-electron chi connectivity index (χ4n) is 3.11. The lowest BCUT2D eigenvalue weighted by atomic mass is 10.1. The summed E-state index contributed by atoms with van der Waals surface area (Å²) in [4.78, 5) is 12.7. The summed E-state index contributed by atoms with van der Waals surface area (Å²) in [5, 5.41) is 2.83. The van der Waals surface area contributed by atoms with E-state index in [1.54, 1.807) is 31.4 Å². The van der Waals surface area contributed by atoms with Gasteiger partial charge in [-0.25, -0.2) is 8.42 Å². The first-order valence-corrected chi connectivity index (χ1v) is 11.2. The van der Waals surface area contributed by atoms with Crippen molar-refractivity contribution in [3.63, 3.8) is 0 Å². The van der Waals surface area contributed by atoms with Crippen LogP contribution in [-0.2, 0) is 16.6 Å². The number of rotatable bonds is 7. The summed E-state index contributed by atoms with van der Waals surface area (Å²) >= 11 is 0. The van der Waals surface area contributed by atoms with Gasteiger partial charge in [-0.15, -0.1) is 0 Å². The normalized spacial score (nSPS) is 11.1. The van der Waals surface area contributed by atoms with E-state index in [9.17, 15) is 13.2 Å². The molecule has 31 heavy (non-hydrogen) atoms. The maximum atomic E-state index is 13.1. The number of benzene rings is 3. The number of sulfonamides is 1. The Morgan fingerprint density at radius 2 is 1.71 bits per heavy atom. The van der Waals surface area contributed by atoms with Gasteiger partial charge in [0.2, 0.25) is 0 Å². The van der Waals surface area contributed by atoms with Crippen molar-refractivity contribution in [2.24, 2.45) is 0 Å². The zero-order chi connectivity index (χ0) is 22.6. The predicted octanol–water partition coefficient (Wildman–Crippen LogP) is 4.07. The smallest absolute Gasteiger partial charge is 0.264 e. The van der Waals surface area contributed by atoms with Crippen LogP contribution in [0.15, 0.2) is 71.6 Å². The third-order valence-corrected chi connectivity index (χ3v) is 6.86. The summed E-state index contributed by atoms with van der Waals surface area (Å²) in [7, 11) is -0.706. The van der Waals surface area contributed by atoms with Crippen molar-refractivity contribution in [3.8, 4) is 5.75 Å². The Balaban J connectivity index is 1.77. The minimum atomic E-state index is -3.80. The molecule has 0 bridgehead atoms. The topological polar surface area (TPSA) is 75.7 Å². The molecule has 0 spiro atoms. The van der Waals surface area contributed by atoms with Gasteiger partial charge in [0.15, 0.2) is 0 Å². The molecule has 0 fully saturated rings. The molecule has 3 aromatic rings. The largest absolute Gasteiger partial charge is 0.496 e. The first-order valence-electron chi connectivity index (χ1n) is 9.80. The monoisotopic (exact) mass is 438 g/mol. The number of hydrogen-bond donors (Lipinski definition) is 1. The quantitative estimate of drug-likeness (QED) is 0.603. The molecule has 0 heterocycles. The molecule has 7 heteroatoms. The Bertz CT molecular complexity index is 1190. The van der Waals surface area contributed by atoms with Crippen LogP contribution in [0.3, 0.4) is 0 Å². The summed E-state index contributed by atoms with van der Waals surface area (Å²) in [6.07, 6.45) is 0. The van der Waals surface area contributed by atoms with Gasteiger partial charge < -0.3 is 10.1 Å². The van der Waals surface area contributed by atoms with Crippen LogP contribution in [-0.4, -0.2) is 28.5 Å². The molecule has 0 aliphatic rings. The predicted molar refractivity (Wildman–Crippen MR) is 122 cm³/mol. The standard InChI is InChI=1S/C24H26N2O4S/c1-17-8-12-21(13-9-17)26(3)31(28,29)22-7-5-6-20(15-22)24(27)25-16-19-11-10-18(2)23(14-19)30-4/h5-15H,16H2,1-4H3,(H,25,27). The van der Waals surface area contributed by atoms with Gasteiger partial charge in [0.25, 0.3) is 15.9 Å². The number of ether oxygens (including phenoxy) is 1. The van der Waals surface area contributed by atoms with Crippen molar-refractivity contribution in [2.75, 3.05) is 18.5 Å².